The predicted octanol–water partition coefficient (Wildman–Crippen LogP) is 1.68. The highest BCUT2D eigenvalue weighted by Crippen LogP contribution is 2.43. The number of carbonyl (C=O) groups excluding carboxylic acids is 2. The van der Waals surface area contributed by atoms with Gasteiger partial charge in [-0.05, 0) is 42.0 Å². The van der Waals surface area contributed by atoms with Crippen LogP contribution in [0.15, 0.2) is 23.3 Å². The maximum absolute atomic E-state index is 11.8. The molecule has 5 nitrogen and oxygen atoms in total. The standard InChI is InChI=1S/C16H17N3O2/c1-8-4-10-6-9(2-3-13(10)17-14(20)5-8)15-11-7-12(11)16(21)19-18-15/h2-3,6,8,11-12H,4-5,7H2,1H3,(H,17,20)(H,19,21). The summed E-state index contributed by atoms with van der Waals surface area (Å²) in [5.74, 6) is 0.839. The van der Waals surface area contributed by atoms with E-state index in [-0.39, 0.29) is 23.7 Å². The second kappa shape index (κ2) is 4.41. The van der Waals surface area contributed by atoms with Gasteiger partial charge in [-0.1, -0.05) is 13.0 Å². The Morgan fingerprint density at radius 1 is 1.19 bits per heavy atom. The molecule has 3 aliphatic rings. The Hall–Kier alpha value is -2.17. The van der Waals surface area contributed by atoms with E-state index in [2.05, 4.69) is 28.8 Å². The van der Waals surface area contributed by atoms with E-state index in [9.17, 15) is 9.59 Å². The SMILES string of the molecule is CC1CC(=O)Nc2ccc(C3=NNC(=O)C4CC34)cc2C1. The lowest BCUT2D eigenvalue weighted by atomic mass is 9.95. The summed E-state index contributed by atoms with van der Waals surface area (Å²) in [4.78, 5) is 23.3. The van der Waals surface area contributed by atoms with Gasteiger partial charge < -0.3 is 5.32 Å². The van der Waals surface area contributed by atoms with Crippen molar-refractivity contribution < 1.29 is 9.59 Å². The lowest BCUT2D eigenvalue weighted by molar-refractivity contribution is -0.122. The van der Waals surface area contributed by atoms with E-state index in [1.165, 1.54) is 0 Å². The van der Waals surface area contributed by atoms with Crippen LogP contribution in [0.1, 0.15) is 30.9 Å². The highest BCUT2D eigenvalue weighted by molar-refractivity contribution is 6.10. The first-order chi connectivity index (χ1) is 10.1. The number of fused-ring (bicyclic) bond motifs is 2. The average Bonchev–Trinajstić information content (AvgIpc) is 3.22. The summed E-state index contributed by atoms with van der Waals surface area (Å²) in [7, 11) is 0. The summed E-state index contributed by atoms with van der Waals surface area (Å²) in [6.45, 7) is 2.09. The molecule has 0 radical (unpaired) electrons. The van der Waals surface area contributed by atoms with Crippen molar-refractivity contribution in [2.24, 2.45) is 22.9 Å². The molecule has 4 rings (SSSR count). The largest absolute Gasteiger partial charge is 0.326 e. The molecule has 1 aromatic carbocycles. The third kappa shape index (κ3) is 2.13. The van der Waals surface area contributed by atoms with Gasteiger partial charge in [0.15, 0.2) is 0 Å². The van der Waals surface area contributed by atoms with Gasteiger partial charge in [-0.15, -0.1) is 0 Å². The number of benzene rings is 1. The van der Waals surface area contributed by atoms with E-state index in [1.807, 2.05) is 12.1 Å². The van der Waals surface area contributed by atoms with Crippen molar-refractivity contribution in [3.63, 3.8) is 0 Å². The van der Waals surface area contributed by atoms with Crippen LogP contribution in [0.4, 0.5) is 5.69 Å². The number of hydrogen-bond donors (Lipinski definition) is 2. The number of amides is 2. The number of rotatable bonds is 1. The number of anilines is 1. The maximum Gasteiger partial charge on any atom is 0.243 e. The summed E-state index contributed by atoms with van der Waals surface area (Å²) in [5.41, 5.74) is 6.71. The molecule has 0 aromatic heterocycles. The second-order valence-electron chi connectivity index (χ2n) is 6.36. The Bertz CT molecular complexity index is 680. The lowest BCUT2D eigenvalue weighted by Gasteiger charge is -2.14. The van der Waals surface area contributed by atoms with Crippen LogP contribution in [0.3, 0.4) is 0 Å². The van der Waals surface area contributed by atoms with Crippen molar-refractivity contribution in [1.29, 1.82) is 0 Å². The van der Waals surface area contributed by atoms with E-state index in [1.54, 1.807) is 0 Å². The molecule has 0 spiro atoms. The predicted molar refractivity (Wildman–Crippen MR) is 78.8 cm³/mol. The van der Waals surface area contributed by atoms with Crippen molar-refractivity contribution in [3.8, 4) is 0 Å². The Kier molecular flexibility index (Phi) is 2.64. The van der Waals surface area contributed by atoms with Gasteiger partial charge in [0, 0.05) is 23.9 Å². The summed E-state index contributed by atoms with van der Waals surface area (Å²) in [6, 6.07) is 6.06. The fraction of sp³-hybridized carbons (Fsp3) is 0.438. The molecular weight excluding hydrogens is 266 g/mol. The maximum atomic E-state index is 11.8. The summed E-state index contributed by atoms with van der Waals surface area (Å²) < 4.78 is 0. The van der Waals surface area contributed by atoms with E-state index in [0.29, 0.717) is 12.3 Å². The first kappa shape index (κ1) is 12.6. The van der Waals surface area contributed by atoms with E-state index < -0.39 is 0 Å². The molecule has 108 valence electrons. The fourth-order valence-corrected chi connectivity index (χ4v) is 3.36. The van der Waals surface area contributed by atoms with Crippen LogP contribution < -0.4 is 10.7 Å². The van der Waals surface area contributed by atoms with Gasteiger partial charge in [-0.25, -0.2) is 5.43 Å². The van der Waals surface area contributed by atoms with Gasteiger partial charge in [0.1, 0.15) is 0 Å². The zero-order chi connectivity index (χ0) is 14.6. The Morgan fingerprint density at radius 2 is 2.05 bits per heavy atom. The number of hydrogen-bond acceptors (Lipinski definition) is 3. The average molecular weight is 283 g/mol. The summed E-state index contributed by atoms with van der Waals surface area (Å²) in [6.07, 6.45) is 2.34. The highest BCUT2D eigenvalue weighted by atomic mass is 16.2. The van der Waals surface area contributed by atoms with Crippen LogP contribution >= 0.6 is 0 Å². The zero-order valence-corrected chi connectivity index (χ0v) is 11.8. The first-order valence-electron chi connectivity index (χ1n) is 7.42. The lowest BCUT2D eigenvalue weighted by Crippen LogP contribution is -2.28. The molecule has 1 fully saturated rings. The Labute approximate surface area is 122 Å². The van der Waals surface area contributed by atoms with Crippen LogP contribution in [0, 0.1) is 17.8 Å². The van der Waals surface area contributed by atoms with Crippen molar-refractivity contribution in [3.05, 3.63) is 29.3 Å². The second-order valence-corrected chi connectivity index (χ2v) is 6.36. The Balaban J connectivity index is 1.70. The van der Waals surface area contributed by atoms with Crippen molar-refractivity contribution in [2.45, 2.75) is 26.2 Å². The fourth-order valence-electron chi connectivity index (χ4n) is 3.36. The van der Waals surface area contributed by atoms with Crippen molar-refractivity contribution >= 4 is 23.2 Å². The molecule has 0 saturated heterocycles. The molecule has 2 amide bonds. The minimum atomic E-state index is 0.0411. The van der Waals surface area contributed by atoms with E-state index in [4.69, 9.17) is 0 Å². The van der Waals surface area contributed by atoms with Crippen LogP contribution in [-0.4, -0.2) is 17.5 Å². The number of hydrazone groups is 1. The van der Waals surface area contributed by atoms with Crippen LogP contribution in [0.2, 0.25) is 0 Å². The molecule has 21 heavy (non-hydrogen) atoms. The molecule has 3 unspecified atom stereocenters. The van der Waals surface area contributed by atoms with Gasteiger partial charge in [0.05, 0.1) is 5.71 Å². The van der Waals surface area contributed by atoms with Gasteiger partial charge in [-0.2, -0.15) is 5.10 Å². The molecule has 2 aliphatic heterocycles. The van der Waals surface area contributed by atoms with Gasteiger partial charge >= 0.3 is 0 Å². The molecule has 1 saturated carbocycles. The van der Waals surface area contributed by atoms with Crippen molar-refractivity contribution in [2.75, 3.05) is 5.32 Å². The van der Waals surface area contributed by atoms with E-state index >= 15 is 0 Å². The van der Waals surface area contributed by atoms with Crippen molar-refractivity contribution in [1.82, 2.24) is 5.43 Å². The minimum absolute atomic E-state index is 0.0411. The van der Waals surface area contributed by atoms with Crippen LogP contribution in [-0.2, 0) is 16.0 Å². The normalized spacial score (nSPS) is 30.3. The Morgan fingerprint density at radius 3 is 2.90 bits per heavy atom. The minimum Gasteiger partial charge on any atom is -0.326 e. The van der Waals surface area contributed by atoms with Crippen LogP contribution in [0.25, 0.3) is 0 Å². The zero-order valence-electron chi connectivity index (χ0n) is 11.8. The molecule has 2 heterocycles. The summed E-state index contributed by atoms with van der Waals surface area (Å²) >= 11 is 0. The topological polar surface area (TPSA) is 70.6 Å². The molecule has 1 aliphatic carbocycles. The molecule has 2 N–H and O–H groups in total. The molecule has 1 aromatic rings. The smallest absolute Gasteiger partial charge is 0.243 e. The first-order valence-corrected chi connectivity index (χ1v) is 7.42. The number of nitrogens with zero attached hydrogens (tertiary/aromatic N) is 1. The molecular formula is C16H17N3O2. The van der Waals surface area contributed by atoms with Crippen LogP contribution in [0.5, 0.6) is 0 Å². The summed E-state index contributed by atoms with van der Waals surface area (Å²) in [5, 5.41) is 7.20. The van der Waals surface area contributed by atoms with Gasteiger partial charge in [-0.3, -0.25) is 9.59 Å². The molecule has 3 atom stereocenters. The number of nitrogens with one attached hydrogen (secondary N) is 2. The molecule has 5 heteroatoms. The third-order valence-corrected chi connectivity index (χ3v) is 4.54. The third-order valence-electron chi connectivity index (χ3n) is 4.54. The van der Waals surface area contributed by atoms with Gasteiger partial charge in [0.2, 0.25) is 11.8 Å². The highest BCUT2D eigenvalue weighted by Gasteiger charge is 2.49. The number of carbonyl (C=O) groups is 2. The van der Waals surface area contributed by atoms with E-state index in [0.717, 1.165) is 35.4 Å². The monoisotopic (exact) mass is 283 g/mol. The molecule has 0 bridgehead atoms. The van der Waals surface area contributed by atoms with Gasteiger partial charge in [0.25, 0.3) is 0 Å². The quantitative estimate of drug-likeness (QED) is 0.823.